The first kappa shape index (κ1) is 19.6. The molecule has 140 valence electrons. The summed E-state index contributed by atoms with van der Waals surface area (Å²) < 4.78 is 14.1. The van der Waals surface area contributed by atoms with E-state index in [1.54, 1.807) is 17.0 Å². The fourth-order valence-corrected chi connectivity index (χ4v) is 3.93. The normalized spacial score (nSPS) is 18.6. The van der Waals surface area contributed by atoms with Gasteiger partial charge < -0.3 is 0 Å². The van der Waals surface area contributed by atoms with Gasteiger partial charge in [0.25, 0.3) is 5.91 Å². The molecular formula is C21H20ClFN2OS. The van der Waals surface area contributed by atoms with Gasteiger partial charge in [0.05, 0.1) is 15.6 Å². The van der Waals surface area contributed by atoms with E-state index < -0.39 is 5.82 Å². The third-order valence-corrected chi connectivity index (χ3v) is 5.71. The van der Waals surface area contributed by atoms with Crippen LogP contribution >= 0.6 is 23.4 Å². The molecule has 2 aromatic carbocycles. The molecular weight excluding hydrogens is 383 g/mol. The summed E-state index contributed by atoms with van der Waals surface area (Å²) in [6.07, 6.45) is 2.30. The maximum Gasteiger partial charge on any atom is 0.267 e. The van der Waals surface area contributed by atoms with Crippen molar-refractivity contribution in [3.63, 3.8) is 0 Å². The number of hydrogen-bond acceptors (Lipinski definition) is 3. The van der Waals surface area contributed by atoms with E-state index in [1.165, 1.54) is 23.9 Å². The van der Waals surface area contributed by atoms with Crippen molar-refractivity contribution in [1.29, 1.82) is 0 Å². The minimum Gasteiger partial charge on any atom is -0.284 e. The Hall–Kier alpha value is -2.11. The number of halogens is 2. The lowest BCUT2D eigenvalue weighted by Crippen LogP contribution is -2.36. The zero-order chi connectivity index (χ0) is 19.6. The van der Waals surface area contributed by atoms with Gasteiger partial charge in [-0.25, -0.2) is 9.38 Å². The van der Waals surface area contributed by atoms with Crippen molar-refractivity contribution in [1.82, 2.24) is 4.90 Å². The number of carbonyl (C=O) groups excluding carboxylic acids is 1. The van der Waals surface area contributed by atoms with E-state index in [-0.39, 0.29) is 22.5 Å². The zero-order valence-corrected chi connectivity index (χ0v) is 16.9. The summed E-state index contributed by atoms with van der Waals surface area (Å²) in [7, 11) is 0. The monoisotopic (exact) mass is 402 g/mol. The molecule has 27 heavy (non-hydrogen) atoms. The molecule has 1 saturated heterocycles. The highest BCUT2D eigenvalue weighted by Gasteiger charge is 2.36. The first-order chi connectivity index (χ1) is 12.9. The van der Waals surface area contributed by atoms with Crippen LogP contribution in [0.25, 0.3) is 6.08 Å². The SMILES string of the molecule is CC[C@@H](C)N1C(=O)/C(=C\c2c(F)cccc2Cl)SC1=Nc1ccc(C)cc1. The molecule has 0 unspecified atom stereocenters. The predicted molar refractivity (Wildman–Crippen MR) is 112 cm³/mol. The van der Waals surface area contributed by atoms with Crippen LogP contribution in [0.3, 0.4) is 0 Å². The van der Waals surface area contributed by atoms with Crippen molar-refractivity contribution in [2.24, 2.45) is 4.99 Å². The lowest BCUT2D eigenvalue weighted by atomic mass is 10.2. The summed E-state index contributed by atoms with van der Waals surface area (Å²) in [5, 5.41) is 0.867. The maximum atomic E-state index is 14.1. The Morgan fingerprint density at radius 3 is 2.59 bits per heavy atom. The van der Waals surface area contributed by atoms with Gasteiger partial charge in [-0.2, -0.15) is 0 Å². The van der Waals surface area contributed by atoms with Crippen LogP contribution in [-0.4, -0.2) is 22.0 Å². The Morgan fingerprint density at radius 2 is 1.96 bits per heavy atom. The van der Waals surface area contributed by atoms with Crippen molar-refractivity contribution in [2.75, 3.05) is 0 Å². The average Bonchev–Trinajstić information content (AvgIpc) is 2.95. The quantitative estimate of drug-likeness (QED) is 0.571. The summed E-state index contributed by atoms with van der Waals surface area (Å²) in [6.45, 7) is 6.00. The molecule has 0 aliphatic carbocycles. The number of amidine groups is 1. The van der Waals surface area contributed by atoms with Crippen molar-refractivity contribution in [2.45, 2.75) is 33.2 Å². The van der Waals surface area contributed by atoms with Gasteiger partial charge in [0.1, 0.15) is 5.82 Å². The Kier molecular flexibility index (Phi) is 6.02. The van der Waals surface area contributed by atoms with E-state index in [1.807, 2.05) is 45.0 Å². The number of rotatable bonds is 4. The molecule has 0 N–H and O–H groups in total. The number of thioether (sulfide) groups is 1. The molecule has 0 radical (unpaired) electrons. The number of amides is 1. The van der Waals surface area contributed by atoms with Crippen LogP contribution in [-0.2, 0) is 4.79 Å². The number of hydrogen-bond donors (Lipinski definition) is 0. The molecule has 2 aromatic rings. The van der Waals surface area contributed by atoms with Gasteiger partial charge in [0.15, 0.2) is 5.17 Å². The lowest BCUT2D eigenvalue weighted by Gasteiger charge is -2.22. The predicted octanol–water partition coefficient (Wildman–Crippen LogP) is 6.19. The fourth-order valence-electron chi connectivity index (χ4n) is 2.65. The second-order valence-corrected chi connectivity index (χ2v) is 7.82. The number of aryl methyl sites for hydroxylation is 1. The highest BCUT2D eigenvalue weighted by atomic mass is 35.5. The van der Waals surface area contributed by atoms with E-state index in [0.29, 0.717) is 10.1 Å². The van der Waals surface area contributed by atoms with E-state index in [9.17, 15) is 9.18 Å². The van der Waals surface area contributed by atoms with Crippen LogP contribution in [0.5, 0.6) is 0 Å². The molecule has 3 nitrogen and oxygen atoms in total. The summed E-state index contributed by atoms with van der Waals surface area (Å²) in [4.78, 5) is 19.7. The molecule has 0 bridgehead atoms. The third kappa shape index (κ3) is 4.25. The topological polar surface area (TPSA) is 32.7 Å². The molecule has 1 aliphatic heterocycles. The van der Waals surface area contributed by atoms with E-state index >= 15 is 0 Å². The molecule has 0 aromatic heterocycles. The summed E-state index contributed by atoms with van der Waals surface area (Å²) >= 11 is 7.36. The van der Waals surface area contributed by atoms with Gasteiger partial charge in [-0.1, -0.05) is 42.3 Å². The van der Waals surface area contributed by atoms with E-state index in [0.717, 1.165) is 17.7 Å². The first-order valence-corrected chi connectivity index (χ1v) is 9.92. The van der Waals surface area contributed by atoms with Crippen LogP contribution in [0.4, 0.5) is 10.1 Å². The van der Waals surface area contributed by atoms with Crippen LogP contribution in [0.1, 0.15) is 31.4 Å². The zero-order valence-electron chi connectivity index (χ0n) is 15.4. The molecule has 1 fully saturated rings. The van der Waals surface area contributed by atoms with Crippen LogP contribution < -0.4 is 0 Å². The molecule has 0 saturated carbocycles. The standard InChI is InChI=1S/C21H20ClFN2OS/c1-4-14(3)25-20(26)19(12-16-17(22)6-5-7-18(16)23)27-21(25)24-15-10-8-13(2)9-11-15/h5-12,14H,4H2,1-3H3/b19-12+,24-21?/t14-/m1/s1. The maximum absolute atomic E-state index is 14.1. The van der Waals surface area contributed by atoms with Crippen molar-refractivity contribution in [3.8, 4) is 0 Å². The van der Waals surface area contributed by atoms with Crippen molar-refractivity contribution in [3.05, 3.63) is 69.3 Å². The lowest BCUT2D eigenvalue weighted by molar-refractivity contribution is -0.123. The Morgan fingerprint density at radius 1 is 1.26 bits per heavy atom. The number of aliphatic imine (C=N–C) groups is 1. The molecule has 1 atom stereocenters. The first-order valence-electron chi connectivity index (χ1n) is 8.73. The molecule has 6 heteroatoms. The smallest absolute Gasteiger partial charge is 0.267 e. The molecule has 3 rings (SSSR count). The van der Waals surface area contributed by atoms with Gasteiger partial charge in [-0.05, 0) is 62.4 Å². The van der Waals surface area contributed by atoms with Gasteiger partial charge in [0, 0.05) is 11.6 Å². The second kappa shape index (κ2) is 8.28. The van der Waals surface area contributed by atoms with Gasteiger partial charge >= 0.3 is 0 Å². The van der Waals surface area contributed by atoms with E-state index in [2.05, 4.69) is 4.99 Å². The third-order valence-electron chi connectivity index (χ3n) is 4.40. The fraction of sp³-hybridized carbons (Fsp3) is 0.238. The molecule has 0 spiro atoms. The van der Waals surface area contributed by atoms with Gasteiger partial charge in [0.2, 0.25) is 0 Å². The second-order valence-electron chi connectivity index (χ2n) is 6.41. The Labute approximate surface area is 167 Å². The molecule has 1 heterocycles. The Bertz CT molecular complexity index is 904. The van der Waals surface area contributed by atoms with E-state index in [4.69, 9.17) is 11.6 Å². The summed E-state index contributed by atoms with van der Waals surface area (Å²) in [5.41, 5.74) is 2.13. The Balaban J connectivity index is 2.03. The van der Waals surface area contributed by atoms with Crippen molar-refractivity contribution < 1.29 is 9.18 Å². The van der Waals surface area contributed by atoms with Crippen molar-refractivity contribution >= 4 is 46.2 Å². The summed E-state index contributed by atoms with van der Waals surface area (Å²) in [6, 6.07) is 12.2. The number of benzene rings is 2. The molecule has 1 aliphatic rings. The minimum absolute atomic E-state index is 0.0174. The molecule has 1 amide bonds. The highest BCUT2D eigenvalue weighted by Crippen LogP contribution is 2.37. The summed E-state index contributed by atoms with van der Waals surface area (Å²) in [5.74, 6) is -0.637. The number of carbonyl (C=O) groups is 1. The highest BCUT2D eigenvalue weighted by molar-refractivity contribution is 8.18. The largest absolute Gasteiger partial charge is 0.284 e. The van der Waals surface area contributed by atoms with Gasteiger partial charge in [-0.3, -0.25) is 9.69 Å². The number of nitrogens with zero attached hydrogens (tertiary/aromatic N) is 2. The minimum atomic E-state index is -0.456. The van der Waals surface area contributed by atoms with Crippen LogP contribution in [0, 0.1) is 12.7 Å². The van der Waals surface area contributed by atoms with Crippen LogP contribution in [0.2, 0.25) is 5.02 Å². The van der Waals surface area contributed by atoms with Crippen LogP contribution in [0.15, 0.2) is 52.4 Å². The average molecular weight is 403 g/mol. The van der Waals surface area contributed by atoms with Gasteiger partial charge in [-0.15, -0.1) is 0 Å².